The molecule has 0 saturated carbocycles. The molecule has 0 spiro atoms. The number of nitrogens with one attached hydrogen (secondary N) is 1. The summed E-state index contributed by atoms with van der Waals surface area (Å²) in [7, 11) is -3.75. The van der Waals surface area contributed by atoms with Crippen molar-refractivity contribution < 1.29 is 17.9 Å². The predicted octanol–water partition coefficient (Wildman–Crippen LogP) is 1.24. The maximum absolute atomic E-state index is 12.2. The highest BCUT2D eigenvalue weighted by Crippen LogP contribution is 2.37. The zero-order valence-electron chi connectivity index (χ0n) is 10.9. The lowest BCUT2D eigenvalue weighted by molar-refractivity contribution is 0.172. The molecule has 0 fully saturated rings. The lowest BCUT2D eigenvalue weighted by Gasteiger charge is -2.20. The van der Waals surface area contributed by atoms with Gasteiger partial charge in [-0.2, -0.15) is 0 Å². The summed E-state index contributed by atoms with van der Waals surface area (Å²) in [6.45, 7) is 0.846. The van der Waals surface area contributed by atoms with Gasteiger partial charge in [0.25, 0.3) is 10.0 Å². The number of nitrogens with two attached hydrogens (primary N) is 1. The molecule has 1 aromatic carbocycles. The molecule has 0 unspecified atom stereocenters. The molecule has 1 aliphatic rings. The van der Waals surface area contributed by atoms with Gasteiger partial charge in [0.05, 0.1) is 11.4 Å². The van der Waals surface area contributed by atoms with Crippen LogP contribution < -0.4 is 19.9 Å². The van der Waals surface area contributed by atoms with Crippen LogP contribution in [-0.4, -0.2) is 26.6 Å². The predicted molar refractivity (Wildman–Crippen MR) is 76.9 cm³/mol. The number of rotatable bonds is 3. The van der Waals surface area contributed by atoms with Gasteiger partial charge < -0.3 is 15.2 Å². The summed E-state index contributed by atoms with van der Waals surface area (Å²) in [5.74, 6) is 0.961. The molecular formula is C13H13N3O4S. The number of fused-ring (bicyclic) bond motifs is 1. The van der Waals surface area contributed by atoms with Gasteiger partial charge in [-0.3, -0.25) is 9.71 Å². The minimum absolute atomic E-state index is 0.0549. The van der Waals surface area contributed by atoms with E-state index in [-0.39, 0.29) is 16.3 Å². The minimum atomic E-state index is -3.75. The van der Waals surface area contributed by atoms with E-state index in [0.29, 0.717) is 24.7 Å². The topological polar surface area (TPSA) is 104 Å². The number of aromatic nitrogens is 1. The van der Waals surface area contributed by atoms with Gasteiger partial charge in [-0.05, 0) is 12.1 Å². The highest BCUT2D eigenvalue weighted by molar-refractivity contribution is 7.92. The van der Waals surface area contributed by atoms with E-state index < -0.39 is 10.0 Å². The Hall–Kier alpha value is -2.48. The highest BCUT2D eigenvalue weighted by atomic mass is 32.2. The van der Waals surface area contributed by atoms with Crippen LogP contribution in [0.3, 0.4) is 0 Å². The number of anilines is 2. The van der Waals surface area contributed by atoms with Crippen LogP contribution in [0.1, 0.15) is 0 Å². The fourth-order valence-electron chi connectivity index (χ4n) is 1.90. The van der Waals surface area contributed by atoms with Crippen molar-refractivity contribution in [2.24, 2.45) is 0 Å². The maximum atomic E-state index is 12.2. The first-order chi connectivity index (χ1) is 10.1. The molecule has 21 heavy (non-hydrogen) atoms. The Labute approximate surface area is 121 Å². The van der Waals surface area contributed by atoms with Gasteiger partial charge in [-0.15, -0.1) is 0 Å². The second-order valence-electron chi connectivity index (χ2n) is 4.38. The molecule has 2 aromatic rings. The molecule has 0 aliphatic carbocycles. The Bertz CT molecular complexity index is 762. The lowest BCUT2D eigenvalue weighted by atomic mass is 10.2. The first-order valence-electron chi connectivity index (χ1n) is 6.18. The Morgan fingerprint density at radius 3 is 2.57 bits per heavy atom. The van der Waals surface area contributed by atoms with Crippen LogP contribution in [0.2, 0.25) is 0 Å². The van der Waals surface area contributed by atoms with Crippen LogP contribution in [0.25, 0.3) is 0 Å². The molecule has 1 aromatic heterocycles. The monoisotopic (exact) mass is 307 g/mol. The zero-order chi connectivity index (χ0) is 14.9. The van der Waals surface area contributed by atoms with Crippen LogP contribution >= 0.6 is 0 Å². The molecule has 7 nitrogen and oxygen atoms in total. The van der Waals surface area contributed by atoms with E-state index in [4.69, 9.17) is 15.2 Å². The van der Waals surface area contributed by atoms with Gasteiger partial charge in [0.1, 0.15) is 18.1 Å². The van der Waals surface area contributed by atoms with E-state index >= 15 is 0 Å². The second-order valence-corrected chi connectivity index (χ2v) is 6.06. The van der Waals surface area contributed by atoms with Crippen LogP contribution in [-0.2, 0) is 10.0 Å². The van der Waals surface area contributed by atoms with Gasteiger partial charge in [-0.1, -0.05) is 0 Å². The average molecular weight is 307 g/mol. The Morgan fingerprint density at radius 2 is 1.90 bits per heavy atom. The first kappa shape index (κ1) is 13.5. The highest BCUT2D eigenvalue weighted by Gasteiger charge is 2.19. The fourth-order valence-corrected chi connectivity index (χ4v) is 2.94. The average Bonchev–Trinajstić information content (AvgIpc) is 2.49. The molecule has 3 N–H and O–H groups in total. The maximum Gasteiger partial charge on any atom is 0.263 e. The van der Waals surface area contributed by atoms with Crippen molar-refractivity contribution in [1.82, 2.24) is 4.98 Å². The van der Waals surface area contributed by atoms with E-state index in [2.05, 4.69) is 9.71 Å². The molecule has 0 saturated heterocycles. The number of benzene rings is 1. The van der Waals surface area contributed by atoms with Crippen LogP contribution in [0.15, 0.2) is 41.6 Å². The van der Waals surface area contributed by atoms with E-state index in [1.807, 2.05) is 0 Å². The largest absolute Gasteiger partial charge is 0.486 e. The SMILES string of the molecule is Nc1cc2c(cc1NS(=O)(=O)c1cccnc1)OCCO2. The van der Waals surface area contributed by atoms with Crippen molar-refractivity contribution >= 4 is 21.4 Å². The summed E-state index contributed by atoms with van der Waals surface area (Å²) < 4.78 is 37.7. The van der Waals surface area contributed by atoms with Crippen LogP contribution in [0, 0.1) is 0 Å². The van der Waals surface area contributed by atoms with Crippen molar-refractivity contribution in [3.63, 3.8) is 0 Å². The molecule has 0 bridgehead atoms. The van der Waals surface area contributed by atoms with E-state index in [1.165, 1.54) is 30.6 Å². The summed E-state index contributed by atoms with van der Waals surface area (Å²) >= 11 is 0. The molecule has 0 atom stereocenters. The third kappa shape index (κ3) is 2.70. The number of nitrogens with zero attached hydrogens (tertiary/aromatic N) is 1. The van der Waals surface area contributed by atoms with Crippen molar-refractivity contribution in [2.45, 2.75) is 4.90 Å². The summed E-state index contributed by atoms with van der Waals surface area (Å²) in [5, 5.41) is 0. The number of nitrogen functional groups attached to an aromatic ring is 1. The number of ether oxygens (including phenoxy) is 2. The van der Waals surface area contributed by atoms with Crippen molar-refractivity contribution in [1.29, 1.82) is 0 Å². The van der Waals surface area contributed by atoms with Gasteiger partial charge in [-0.25, -0.2) is 8.42 Å². The second kappa shape index (κ2) is 5.13. The normalized spacial score (nSPS) is 13.7. The molecule has 8 heteroatoms. The number of pyridine rings is 1. The van der Waals surface area contributed by atoms with Gasteiger partial charge in [0, 0.05) is 24.5 Å². The lowest BCUT2D eigenvalue weighted by Crippen LogP contribution is -2.18. The Morgan fingerprint density at radius 1 is 1.19 bits per heavy atom. The van der Waals surface area contributed by atoms with Crippen LogP contribution in [0.5, 0.6) is 11.5 Å². The molecule has 0 amide bonds. The quantitative estimate of drug-likeness (QED) is 0.827. The van der Waals surface area contributed by atoms with Gasteiger partial charge in [0.2, 0.25) is 0 Å². The van der Waals surface area contributed by atoms with E-state index in [9.17, 15) is 8.42 Å². The van der Waals surface area contributed by atoms with Crippen molar-refractivity contribution in [2.75, 3.05) is 23.7 Å². The summed E-state index contributed by atoms with van der Waals surface area (Å²) in [6.07, 6.45) is 2.76. The van der Waals surface area contributed by atoms with Gasteiger partial charge >= 0.3 is 0 Å². The third-order valence-corrected chi connectivity index (χ3v) is 4.25. The number of sulfonamides is 1. The Balaban J connectivity index is 1.95. The first-order valence-corrected chi connectivity index (χ1v) is 7.66. The minimum Gasteiger partial charge on any atom is -0.486 e. The fraction of sp³-hybridized carbons (Fsp3) is 0.154. The van der Waals surface area contributed by atoms with Gasteiger partial charge in [0.15, 0.2) is 11.5 Å². The van der Waals surface area contributed by atoms with Crippen molar-refractivity contribution in [3.05, 3.63) is 36.7 Å². The molecule has 1 aliphatic heterocycles. The summed E-state index contributed by atoms with van der Waals surface area (Å²) in [6, 6.07) is 6.04. The summed E-state index contributed by atoms with van der Waals surface area (Å²) in [4.78, 5) is 3.85. The van der Waals surface area contributed by atoms with E-state index in [0.717, 1.165) is 0 Å². The molecule has 3 rings (SSSR count). The third-order valence-electron chi connectivity index (χ3n) is 2.90. The van der Waals surface area contributed by atoms with E-state index in [1.54, 1.807) is 6.07 Å². The molecule has 2 heterocycles. The standard InChI is InChI=1S/C13H13N3O4S/c14-10-6-12-13(20-5-4-19-12)7-11(10)16-21(17,18)9-2-1-3-15-8-9/h1-3,6-8,16H,4-5,14H2. The number of hydrogen-bond donors (Lipinski definition) is 2. The molecular weight excluding hydrogens is 294 g/mol. The van der Waals surface area contributed by atoms with Crippen molar-refractivity contribution in [3.8, 4) is 11.5 Å². The molecule has 110 valence electrons. The number of hydrogen-bond acceptors (Lipinski definition) is 6. The zero-order valence-corrected chi connectivity index (χ0v) is 11.8. The molecule has 0 radical (unpaired) electrons. The summed E-state index contributed by atoms with van der Waals surface area (Å²) in [5.41, 5.74) is 6.35. The van der Waals surface area contributed by atoms with Crippen LogP contribution in [0.4, 0.5) is 11.4 Å². The smallest absolute Gasteiger partial charge is 0.263 e. The Kier molecular flexibility index (Phi) is 3.30.